The number of nitrogen functional groups attached to an aromatic ring is 2. The third-order valence-electron chi connectivity index (χ3n) is 7.90. The highest BCUT2D eigenvalue weighted by Gasteiger charge is 2.28. The van der Waals surface area contributed by atoms with E-state index >= 15 is 0 Å². The second kappa shape index (κ2) is 17.2. The maximum atomic E-state index is 13.2. The summed E-state index contributed by atoms with van der Waals surface area (Å²) in [5.41, 5.74) is 7.99. The highest BCUT2D eigenvalue weighted by atomic mass is 32.2. The number of nitrogens with two attached hydrogens (primary N) is 2. The Morgan fingerprint density at radius 1 is 0.656 bits per heavy atom. The predicted molar refractivity (Wildman–Crippen MR) is 213 cm³/mol. The molecule has 0 aliphatic rings. The van der Waals surface area contributed by atoms with Crippen molar-refractivity contribution in [3.63, 3.8) is 0 Å². The average molecular weight is 947 g/mol. The number of azo groups is 2. The van der Waals surface area contributed by atoms with Crippen LogP contribution in [0.2, 0.25) is 0 Å². The first-order chi connectivity index (χ1) is 28.2. The Morgan fingerprint density at radius 2 is 1.25 bits per heavy atom. The number of nitrogens with zero attached hydrogens (tertiary/aromatic N) is 7. The van der Waals surface area contributed by atoms with E-state index in [9.17, 15) is 60.9 Å². The highest BCUT2D eigenvalue weighted by molar-refractivity contribution is 7.87. The van der Waals surface area contributed by atoms with E-state index in [4.69, 9.17) is 11.5 Å². The van der Waals surface area contributed by atoms with Crippen LogP contribution in [0.4, 0.5) is 46.0 Å². The second-order valence-electron chi connectivity index (χ2n) is 12.2. The molecule has 1 aromatic heterocycles. The predicted octanol–water partition coefficient (Wildman–Crippen LogP) is 3.30. The van der Waals surface area contributed by atoms with Gasteiger partial charge in [-0.05, 0) is 58.5 Å². The number of fused-ring (bicyclic) bond motifs is 1. The molecule has 9 N–H and O–H groups in total. The van der Waals surface area contributed by atoms with Crippen LogP contribution in [0.5, 0.6) is 5.75 Å². The summed E-state index contributed by atoms with van der Waals surface area (Å²) < 4.78 is 161. The molecule has 1 heterocycles. The fraction of sp³-hybridized carbons (Fsp3) is 0.167. The quantitative estimate of drug-likeness (QED) is 0.0323. The van der Waals surface area contributed by atoms with E-state index in [1.807, 2.05) is 0 Å². The van der Waals surface area contributed by atoms with E-state index < -0.39 is 117 Å². The fourth-order valence-electron chi connectivity index (χ4n) is 5.40. The van der Waals surface area contributed by atoms with Gasteiger partial charge in [-0.15, -0.1) is 20.5 Å². The van der Waals surface area contributed by atoms with Gasteiger partial charge in [-0.3, -0.25) is 22.0 Å². The minimum absolute atomic E-state index is 0.0716. The molecule has 0 atom stereocenters. The van der Waals surface area contributed by atoms with Crippen LogP contribution < -0.4 is 16.8 Å². The van der Waals surface area contributed by atoms with Crippen LogP contribution >= 0.6 is 0 Å². The number of hydrogen-bond donors (Lipinski definition) is 7. The van der Waals surface area contributed by atoms with Crippen molar-refractivity contribution >= 4 is 107 Å². The van der Waals surface area contributed by atoms with E-state index in [2.05, 4.69) is 49.1 Å². The lowest BCUT2D eigenvalue weighted by Crippen LogP contribution is -2.06. The molecule has 0 fully saturated rings. The van der Waals surface area contributed by atoms with Gasteiger partial charge in [0.15, 0.2) is 5.75 Å². The Balaban J connectivity index is 1.79. The van der Waals surface area contributed by atoms with Crippen molar-refractivity contribution in [2.75, 3.05) is 31.0 Å². The van der Waals surface area contributed by atoms with Crippen molar-refractivity contribution in [2.24, 2.45) is 20.5 Å². The zero-order valence-electron chi connectivity index (χ0n) is 30.8. The van der Waals surface area contributed by atoms with Crippen molar-refractivity contribution in [2.45, 2.75) is 27.0 Å². The molecule has 5 rings (SSSR count). The van der Waals surface area contributed by atoms with Crippen LogP contribution in [0.25, 0.3) is 10.8 Å². The number of nitrogens with one attached hydrogen (secondary N) is 1. The minimum Gasteiger partial charge on any atom is -0.505 e. The van der Waals surface area contributed by atoms with Crippen LogP contribution in [0.3, 0.4) is 0 Å². The largest absolute Gasteiger partial charge is 0.505 e. The van der Waals surface area contributed by atoms with Crippen LogP contribution in [0, 0.1) is 0 Å². The first kappa shape index (κ1) is 46.2. The van der Waals surface area contributed by atoms with Crippen LogP contribution in [0.15, 0.2) is 85.1 Å². The lowest BCUT2D eigenvalue weighted by atomic mass is 10.0. The van der Waals surface area contributed by atoms with Crippen LogP contribution in [-0.2, 0) is 76.2 Å². The third-order valence-corrected chi connectivity index (χ3v) is 12.6. The Labute approximate surface area is 345 Å². The Kier molecular flexibility index (Phi) is 13.0. The normalized spacial score (nSPS) is 13.1. The standard InChI is InChI=1S/C30H30N10O16S5/c1-55-60(51,52)22-6-3-15(11-57(42,43)44)7-21(22)38-39-26-18(13-59(48,49)50)8-17-9-23(61(53,54)56-2)27(28(41)24(17)25(26)31)40-37-20-10-19(5-4-16(20)12-58(45,46)47)35-30-34-14-33-29(32)36-30/h3-10,14,41H,11-13,31H2,1-2H3,(H,42,43,44)(H,45,46,47)(H,48,49,50)(H3,32,33,34,35,36). The number of rotatable bonds is 16. The molecule has 0 aliphatic carbocycles. The van der Waals surface area contributed by atoms with E-state index in [1.165, 1.54) is 18.2 Å². The molecule has 0 spiro atoms. The van der Waals surface area contributed by atoms with E-state index in [0.29, 0.717) is 0 Å². The highest BCUT2D eigenvalue weighted by Crippen LogP contribution is 2.48. The summed E-state index contributed by atoms with van der Waals surface area (Å²) in [6.07, 6.45) is 1.08. The number of aromatic hydroxyl groups is 1. The molecule has 5 aromatic rings. The van der Waals surface area contributed by atoms with E-state index in [-0.39, 0.29) is 39.8 Å². The molecule has 26 nitrogen and oxygen atoms in total. The zero-order chi connectivity index (χ0) is 45.3. The van der Waals surface area contributed by atoms with Crippen molar-refractivity contribution in [3.05, 3.63) is 71.5 Å². The summed E-state index contributed by atoms with van der Waals surface area (Å²) in [5.74, 6) is -4.65. The van der Waals surface area contributed by atoms with Gasteiger partial charge < -0.3 is 21.9 Å². The van der Waals surface area contributed by atoms with Gasteiger partial charge in [0.2, 0.25) is 11.9 Å². The summed E-state index contributed by atoms with van der Waals surface area (Å²) in [6.45, 7) is 0. The second-order valence-corrected chi connectivity index (χ2v) is 19.9. The number of aromatic nitrogens is 3. The van der Waals surface area contributed by atoms with Gasteiger partial charge in [-0.1, -0.05) is 12.1 Å². The van der Waals surface area contributed by atoms with Gasteiger partial charge in [0.1, 0.15) is 50.4 Å². The van der Waals surface area contributed by atoms with Gasteiger partial charge in [0, 0.05) is 5.69 Å². The SMILES string of the molecule is COS(=O)(=O)c1ccc(CS(=O)(=O)O)cc1N=Nc1c(CS(=O)(=O)O)cc2cc(S(=O)(=O)OC)c(N=Nc3cc(Nc4ncnc(N)n4)ccc3CS(=O)(=O)O)c(O)c2c1N. The van der Waals surface area contributed by atoms with Crippen LogP contribution in [-0.4, -0.2) is 90.0 Å². The molecular formula is C30H30N10O16S5. The molecule has 61 heavy (non-hydrogen) atoms. The molecule has 0 saturated carbocycles. The lowest BCUT2D eigenvalue weighted by Gasteiger charge is -2.15. The van der Waals surface area contributed by atoms with Gasteiger partial charge in [-0.2, -0.15) is 47.1 Å². The number of phenolic OH excluding ortho intramolecular Hbond substituents is 1. The van der Waals surface area contributed by atoms with E-state index in [0.717, 1.165) is 50.9 Å². The summed E-state index contributed by atoms with van der Waals surface area (Å²) in [5, 5.41) is 29.1. The topological polar surface area (TPSA) is 422 Å². The Hall–Kier alpha value is -5.90. The van der Waals surface area contributed by atoms with Gasteiger partial charge in [-0.25, -0.2) is 9.97 Å². The van der Waals surface area contributed by atoms with Crippen molar-refractivity contribution < 1.29 is 69.2 Å². The third kappa shape index (κ3) is 11.5. The Bertz CT molecular complexity index is 3220. The number of phenols is 1. The molecule has 326 valence electrons. The number of benzene rings is 4. The molecule has 0 amide bonds. The smallest absolute Gasteiger partial charge is 0.299 e. The summed E-state index contributed by atoms with van der Waals surface area (Å²) in [4.78, 5) is 9.81. The van der Waals surface area contributed by atoms with Crippen molar-refractivity contribution in [1.29, 1.82) is 0 Å². The first-order valence-corrected chi connectivity index (χ1v) is 23.7. The number of hydrogen-bond acceptors (Lipinski definition) is 23. The lowest BCUT2D eigenvalue weighted by molar-refractivity contribution is 0.396. The minimum atomic E-state index is -4.96. The molecule has 4 aromatic carbocycles. The van der Waals surface area contributed by atoms with Crippen molar-refractivity contribution in [3.8, 4) is 5.75 Å². The van der Waals surface area contributed by atoms with Gasteiger partial charge in [0.25, 0.3) is 50.6 Å². The Morgan fingerprint density at radius 3 is 1.85 bits per heavy atom. The summed E-state index contributed by atoms with van der Waals surface area (Å²) >= 11 is 0. The summed E-state index contributed by atoms with van der Waals surface area (Å²) in [7, 11) is -22.3. The van der Waals surface area contributed by atoms with Crippen LogP contribution in [0.1, 0.15) is 16.7 Å². The van der Waals surface area contributed by atoms with Crippen molar-refractivity contribution in [1.82, 2.24) is 15.0 Å². The van der Waals surface area contributed by atoms with E-state index in [1.54, 1.807) is 0 Å². The molecule has 0 unspecified atom stereocenters. The monoisotopic (exact) mass is 946 g/mol. The molecule has 0 saturated heterocycles. The fourth-order valence-corrected chi connectivity index (χ4v) is 8.85. The van der Waals surface area contributed by atoms with Gasteiger partial charge in [0.05, 0.1) is 31.0 Å². The summed E-state index contributed by atoms with van der Waals surface area (Å²) in [6, 6.07) is 8.17. The molecular weight excluding hydrogens is 917 g/mol. The maximum absolute atomic E-state index is 13.2. The molecule has 0 aliphatic heterocycles. The molecule has 31 heteroatoms. The maximum Gasteiger partial charge on any atom is 0.299 e. The first-order valence-electron chi connectivity index (χ1n) is 16.1. The zero-order valence-corrected chi connectivity index (χ0v) is 34.9. The number of anilines is 4. The van der Waals surface area contributed by atoms with Gasteiger partial charge >= 0.3 is 0 Å². The molecule has 0 bridgehead atoms. The molecule has 0 radical (unpaired) electrons. The average Bonchev–Trinajstić information content (AvgIpc) is 3.13.